The largest absolute Gasteiger partial charge is 0.352 e. The predicted molar refractivity (Wildman–Crippen MR) is 73.5 cm³/mol. The number of nitriles is 1. The van der Waals surface area contributed by atoms with Gasteiger partial charge in [-0.15, -0.1) is 0 Å². The number of alkyl halides is 1. The van der Waals surface area contributed by atoms with E-state index in [2.05, 4.69) is 21.2 Å². The van der Waals surface area contributed by atoms with Gasteiger partial charge in [-0.3, -0.25) is 4.79 Å². The molecule has 94 valence electrons. The van der Waals surface area contributed by atoms with Gasteiger partial charge < -0.3 is 5.32 Å². The van der Waals surface area contributed by atoms with E-state index in [0.29, 0.717) is 21.9 Å². The zero-order chi connectivity index (χ0) is 13.0. The number of benzene rings is 1. The van der Waals surface area contributed by atoms with Crippen molar-refractivity contribution in [3.8, 4) is 6.07 Å². The van der Waals surface area contributed by atoms with Crippen molar-refractivity contribution in [3.05, 3.63) is 35.4 Å². The number of hydrogen-bond acceptors (Lipinski definition) is 2. The first-order chi connectivity index (χ1) is 8.69. The molecule has 0 spiro atoms. The molecule has 1 aromatic carbocycles. The van der Waals surface area contributed by atoms with Crippen molar-refractivity contribution < 1.29 is 4.79 Å². The first-order valence-electron chi connectivity index (χ1n) is 6.11. The van der Waals surface area contributed by atoms with E-state index in [9.17, 15) is 4.79 Å². The van der Waals surface area contributed by atoms with Gasteiger partial charge in [0, 0.05) is 16.9 Å². The van der Waals surface area contributed by atoms with Gasteiger partial charge in [-0.1, -0.05) is 15.9 Å². The molecule has 1 aromatic rings. The van der Waals surface area contributed by atoms with Crippen LogP contribution in [0.15, 0.2) is 24.3 Å². The molecule has 2 atom stereocenters. The standard InChI is InChI=1S/C14H15BrN2O/c15-13-6-3-11(7-13)9-17-14(18)12-4-1-10(8-16)2-5-12/h1-2,4-5,11,13H,3,6-7,9H2,(H,17,18). The van der Waals surface area contributed by atoms with Crippen LogP contribution in [0.3, 0.4) is 0 Å². The van der Waals surface area contributed by atoms with Crippen molar-refractivity contribution in [2.75, 3.05) is 6.54 Å². The predicted octanol–water partition coefficient (Wildman–Crippen LogP) is 2.85. The third kappa shape index (κ3) is 3.33. The summed E-state index contributed by atoms with van der Waals surface area (Å²) in [4.78, 5) is 12.5. The summed E-state index contributed by atoms with van der Waals surface area (Å²) < 4.78 is 0. The highest BCUT2D eigenvalue weighted by Gasteiger charge is 2.22. The summed E-state index contributed by atoms with van der Waals surface area (Å²) in [5, 5.41) is 11.6. The van der Waals surface area contributed by atoms with Crippen molar-refractivity contribution in [2.45, 2.75) is 24.1 Å². The fourth-order valence-electron chi connectivity index (χ4n) is 2.23. The molecule has 1 saturated carbocycles. The molecule has 0 bridgehead atoms. The van der Waals surface area contributed by atoms with Crippen molar-refractivity contribution >= 4 is 21.8 Å². The quantitative estimate of drug-likeness (QED) is 0.873. The summed E-state index contributed by atoms with van der Waals surface area (Å²) >= 11 is 3.60. The monoisotopic (exact) mass is 306 g/mol. The van der Waals surface area contributed by atoms with Crippen LogP contribution in [-0.4, -0.2) is 17.3 Å². The van der Waals surface area contributed by atoms with E-state index >= 15 is 0 Å². The molecule has 0 saturated heterocycles. The van der Waals surface area contributed by atoms with Crippen LogP contribution in [-0.2, 0) is 0 Å². The fraction of sp³-hybridized carbons (Fsp3) is 0.429. The molecular formula is C14H15BrN2O. The van der Waals surface area contributed by atoms with Crippen molar-refractivity contribution in [1.82, 2.24) is 5.32 Å². The number of amides is 1. The molecular weight excluding hydrogens is 292 g/mol. The second-order valence-electron chi connectivity index (χ2n) is 4.68. The third-order valence-electron chi connectivity index (χ3n) is 3.30. The average Bonchev–Trinajstić information content (AvgIpc) is 2.82. The SMILES string of the molecule is N#Cc1ccc(C(=O)NCC2CCC(Br)C2)cc1. The van der Waals surface area contributed by atoms with Crippen LogP contribution in [0.1, 0.15) is 35.2 Å². The average molecular weight is 307 g/mol. The van der Waals surface area contributed by atoms with Crippen molar-refractivity contribution in [3.63, 3.8) is 0 Å². The number of hydrogen-bond donors (Lipinski definition) is 1. The molecule has 1 amide bonds. The Balaban J connectivity index is 1.86. The Hall–Kier alpha value is -1.34. The number of nitrogens with one attached hydrogen (secondary N) is 1. The van der Waals surface area contributed by atoms with Crippen molar-refractivity contribution in [1.29, 1.82) is 5.26 Å². The Labute approximate surface area is 115 Å². The van der Waals surface area contributed by atoms with Gasteiger partial charge in [-0.2, -0.15) is 5.26 Å². The summed E-state index contributed by atoms with van der Waals surface area (Å²) in [6.45, 7) is 0.737. The normalized spacial score (nSPS) is 22.4. The van der Waals surface area contributed by atoms with Gasteiger partial charge >= 0.3 is 0 Å². The van der Waals surface area contributed by atoms with Crippen LogP contribution in [0.25, 0.3) is 0 Å². The highest BCUT2D eigenvalue weighted by molar-refractivity contribution is 9.09. The second kappa shape index (κ2) is 6.01. The van der Waals surface area contributed by atoms with E-state index in [-0.39, 0.29) is 5.91 Å². The summed E-state index contributed by atoms with van der Waals surface area (Å²) in [5.74, 6) is 0.522. The maximum absolute atomic E-state index is 11.9. The van der Waals surface area contributed by atoms with Gasteiger partial charge in [0.1, 0.15) is 0 Å². The van der Waals surface area contributed by atoms with Crippen LogP contribution in [0.4, 0.5) is 0 Å². The zero-order valence-electron chi connectivity index (χ0n) is 10.0. The van der Waals surface area contributed by atoms with Crippen LogP contribution in [0.5, 0.6) is 0 Å². The number of rotatable bonds is 3. The van der Waals surface area contributed by atoms with Crippen LogP contribution in [0.2, 0.25) is 0 Å². The van der Waals surface area contributed by atoms with E-state index in [4.69, 9.17) is 5.26 Å². The second-order valence-corrected chi connectivity index (χ2v) is 5.97. The lowest BCUT2D eigenvalue weighted by molar-refractivity contribution is 0.0947. The summed E-state index contributed by atoms with van der Waals surface area (Å²) in [5.41, 5.74) is 1.19. The Morgan fingerprint density at radius 2 is 2.11 bits per heavy atom. The minimum atomic E-state index is -0.0579. The number of halogens is 1. The molecule has 0 aliphatic heterocycles. The number of nitrogens with zero attached hydrogens (tertiary/aromatic N) is 1. The molecule has 4 heteroatoms. The van der Waals surface area contributed by atoms with Crippen LogP contribution >= 0.6 is 15.9 Å². The molecule has 1 N–H and O–H groups in total. The Morgan fingerprint density at radius 3 is 2.67 bits per heavy atom. The summed E-state index contributed by atoms with van der Waals surface area (Å²) in [6, 6.07) is 8.75. The van der Waals surface area contributed by atoms with E-state index in [1.54, 1.807) is 24.3 Å². The molecule has 2 rings (SSSR count). The molecule has 0 heterocycles. The number of carbonyl (C=O) groups is 1. The lowest BCUT2D eigenvalue weighted by Gasteiger charge is -2.10. The fourth-order valence-corrected chi connectivity index (χ4v) is 3.03. The van der Waals surface area contributed by atoms with E-state index < -0.39 is 0 Å². The molecule has 1 aliphatic rings. The zero-order valence-corrected chi connectivity index (χ0v) is 11.6. The molecule has 3 nitrogen and oxygen atoms in total. The van der Waals surface area contributed by atoms with Gasteiger partial charge in [-0.25, -0.2) is 0 Å². The highest BCUT2D eigenvalue weighted by atomic mass is 79.9. The maximum atomic E-state index is 11.9. The maximum Gasteiger partial charge on any atom is 0.251 e. The van der Waals surface area contributed by atoms with E-state index in [0.717, 1.165) is 13.0 Å². The first-order valence-corrected chi connectivity index (χ1v) is 7.03. The van der Waals surface area contributed by atoms with Gasteiger partial charge in [-0.05, 0) is 49.4 Å². The summed E-state index contributed by atoms with van der Waals surface area (Å²) in [6.07, 6.45) is 3.49. The third-order valence-corrected chi connectivity index (χ3v) is 4.14. The molecule has 1 fully saturated rings. The lowest BCUT2D eigenvalue weighted by Crippen LogP contribution is -2.28. The van der Waals surface area contributed by atoms with Crippen LogP contribution < -0.4 is 5.32 Å². The highest BCUT2D eigenvalue weighted by Crippen LogP contribution is 2.30. The van der Waals surface area contributed by atoms with E-state index in [1.165, 1.54) is 12.8 Å². The van der Waals surface area contributed by atoms with Crippen molar-refractivity contribution in [2.24, 2.45) is 5.92 Å². The minimum absolute atomic E-state index is 0.0579. The molecule has 0 radical (unpaired) electrons. The van der Waals surface area contributed by atoms with Gasteiger partial charge in [0.15, 0.2) is 0 Å². The smallest absolute Gasteiger partial charge is 0.251 e. The topological polar surface area (TPSA) is 52.9 Å². The molecule has 2 unspecified atom stereocenters. The Kier molecular flexibility index (Phi) is 4.38. The minimum Gasteiger partial charge on any atom is -0.352 e. The van der Waals surface area contributed by atoms with Gasteiger partial charge in [0.25, 0.3) is 5.91 Å². The molecule has 0 aromatic heterocycles. The van der Waals surface area contributed by atoms with E-state index in [1.807, 2.05) is 6.07 Å². The Morgan fingerprint density at radius 1 is 1.39 bits per heavy atom. The Bertz CT molecular complexity index is 464. The molecule has 1 aliphatic carbocycles. The van der Waals surface area contributed by atoms with Gasteiger partial charge in [0.05, 0.1) is 11.6 Å². The molecule has 18 heavy (non-hydrogen) atoms. The summed E-state index contributed by atoms with van der Waals surface area (Å²) in [7, 11) is 0. The first kappa shape index (κ1) is 13.1. The lowest BCUT2D eigenvalue weighted by atomic mass is 10.1. The number of carbonyl (C=O) groups excluding carboxylic acids is 1. The van der Waals surface area contributed by atoms with Crippen LogP contribution in [0, 0.1) is 17.2 Å². The van der Waals surface area contributed by atoms with Gasteiger partial charge in [0.2, 0.25) is 0 Å².